The number of benzene rings is 1. The van der Waals surface area contributed by atoms with E-state index in [1.54, 1.807) is 0 Å². The lowest BCUT2D eigenvalue weighted by molar-refractivity contribution is 0.303. The number of thiophene rings is 1. The van der Waals surface area contributed by atoms with Crippen molar-refractivity contribution in [3.8, 4) is 5.75 Å². The van der Waals surface area contributed by atoms with Gasteiger partial charge in [-0.3, -0.25) is 0 Å². The van der Waals surface area contributed by atoms with Gasteiger partial charge in [0.1, 0.15) is 5.75 Å². The summed E-state index contributed by atoms with van der Waals surface area (Å²) >= 11 is 1.93. The van der Waals surface area contributed by atoms with Crippen molar-refractivity contribution in [1.29, 1.82) is 0 Å². The first kappa shape index (κ1) is 18.6. The monoisotopic (exact) mass is 381 g/mol. The van der Waals surface area contributed by atoms with E-state index in [9.17, 15) is 0 Å². The van der Waals surface area contributed by atoms with Gasteiger partial charge in [0.25, 0.3) is 0 Å². The van der Waals surface area contributed by atoms with E-state index >= 15 is 0 Å². The van der Waals surface area contributed by atoms with Crippen LogP contribution in [0.5, 0.6) is 5.75 Å². The van der Waals surface area contributed by atoms with Crippen molar-refractivity contribution in [2.45, 2.75) is 64.3 Å². The Morgan fingerprint density at radius 3 is 2.81 bits per heavy atom. The normalized spacial score (nSPS) is 23.0. The highest BCUT2D eigenvalue weighted by Gasteiger charge is 2.38. The van der Waals surface area contributed by atoms with E-state index in [1.807, 2.05) is 11.3 Å². The van der Waals surface area contributed by atoms with Crippen molar-refractivity contribution in [1.82, 2.24) is 0 Å². The minimum Gasteiger partial charge on any atom is -0.494 e. The van der Waals surface area contributed by atoms with Crippen LogP contribution in [-0.2, 0) is 0 Å². The molecule has 0 radical (unpaired) electrons. The Hall–Kier alpha value is -1.74. The molecule has 1 aliphatic heterocycles. The van der Waals surface area contributed by atoms with Crippen molar-refractivity contribution >= 4 is 17.0 Å². The number of hydrogen-bond donors (Lipinski definition) is 1. The number of ether oxygens (including phenoxy) is 1. The van der Waals surface area contributed by atoms with Crippen molar-refractivity contribution < 1.29 is 4.74 Å². The summed E-state index contributed by atoms with van der Waals surface area (Å²) in [6.45, 7) is 5.28. The van der Waals surface area contributed by atoms with Crippen LogP contribution in [-0.4, -0.2) is 6.61 Å². The zero-order valence-corrected chi connectivity index (χ0v) is 17.4. The molecule has 0 saturated heterocycles. The van der Waals surface area contributed by atoms with E-state index in [2.05, 4.69) is 61.6 Å². The minimum absolute atomic E-state index is 0.418. The third kappa shape index (κ3) is 4.08. The van der Waals surface area contributed by atoms with Crippen LogP contribution in [0.4, 0.5) is 5.69 Å². The molecule has 2 aliphatic rings. The van der Waals surface area contributed by atoms with Crippen LogP contribution in [0.15, 0.2) is 42.5 Å². The van der Waals surface area contributed by atoms with Gasteiger partial charge in [-0.25, -0.2) is 0 Å². The van der Waals surface area contributed by atoms with Gasteiger partial charge in [-0.1, -0.05) is 44.8 Å². The van der Waals surface area contributed by atoms with Gasteiger partial charge in [0.05, 0.1) is 12.6 Å². The topological polar surface area (TPSA) is 21.3 Å². The maximum atomic E-state index is 6.07. The van der Waals surface area contributed by atoms with Gasteiger partial charge in [-0.2, -0.15) is 0 Å². The Labute approximate surface area is 167 Å². The van der Waals surface area contributed by atoms with E-state index < -0.39 is 0 Å². The van der Waals surface area contributed by atoms with Crippen LogP contribution in [0.3, 0.4) is 0 Å². The molecular weight excluding hydrogens is 350 g/mol. The first-order chi connectivity index (χ1) is 13.3. The molecule has 1 aromatic heterocycles. The molecule has 2 heterocycles. The van der Waals surface area contributed by atoms with Crippen molar-refractivity contribution in [2.75, 3.05) is 11.9 Å². The summed E-state index contributed by atoms with van der Waals surface area (Å²) in [4.78, 5) is 2.85. The van der Waals surface area contributed by atoms with Gasteiger partial charge in [0.15, 0.2) is 0 Å². The lowest BCUT2D eigenvalue weighted by Crippen LogP contribution is -2.28. The summed E-state index contributed by atoms with van der Waals surface area (Å²) < 4.78 is 6.07. The van der Waals surface area contributed by atoms with Crippen LogP contribution in [0.25, 0.3) is 0 Å². The molecular formula is C24H31NOS. The predicted octanol–water partition coefficient (Wildman–Crippen LogP) is 7.23. The van der Waals surface area contributed by atoms with Crippen LogP contribution < -0.4 is 10.1 Å². The summed E-state index contributed by atoms with van der Waals surface area (Å²) in [5.41, 5.74) is 2.68. The van der Waals surface area contributed by atoms with Crippen molar-refractivity contribution in [3.05, 3.63) is 57.8 Å². The first-order valence-electron chi connectivity index (χ1n) is 10.5. The zero-order chi connectivity index (χ0) is 18.6. The van der Waals surface area contributed by atoms with E-state index in [0.717, 1.165) is 25.2 Å². The summed E-state index contributed by atoms with van der Waals surface area (Å²) in [5.74, 6) is 2.14. The average molecular weight is 382 g/mol. The number of unbranched alkanes of at least 4 members (excludes halogenated alkanes) is 4. The van der Waals surface area contributed by atoms with Crippen LogP contribution in [0.2, 0.25) is 0 Å². The summed E-state index contributed by atoms with van der Waals surface area (Å²) in [7, 11) is 0. The molecule has 3 unspecified atom stereocenters. The second-order valence-electron chi connectivity index (χ2n) is 7.94. The number of hydrogen-bond acceptors (Lipinski definition) is 3. The number of nitrogens with one attached hydrogen (secondary N) is 1. The molecule has 0 fully saturated rings. The maximum absolute atomic E-state index is 6.07. The second-order valence-corrected chi connectivity index (χ2v) is 9.26. The number of anilines is 1. The minimum atomic E-state index is 0.418. The summed E-state index contributed by atoms with van der Waals surface area (Å²) in [6, 6.07) is 11.6. The lowest BCUT2D eigenvalue weighted by atomic mass is 9.79. The van der Waals surface area contributed by atoms with Crippen molar-refractivity contribution in [2.24, 2.45) is 5.92 Å². The second kappa shape index (κ2) is 8.52. The standard InChI is InChI=1S/C24H31NOS/c1-3-4-5-6-7-15-26-18-12-13-22-21(16-18)19-9-8-10-20(19)24(25-22)23-14-11-17(2)27-23/h8-9,11-14,16,19-20,24-25H,3-7,10,15H2,1-2H3. The molecule has 1 N–H and O–H groups in total. The molecule has 1 aromatic carbocycles. The average Bonchev–Trinajstić information content (AvgIpc) is 3.33. The highest BCUT2D eigenvalue weighted by atomic mass is 32.1. The van der Waals surface area contributed by atoms with Gasteiger partial charge in [0.2, 0.25) is 0 Å². The lowest BCUT2D eigenvalue weighted by Gasteiger charge is -2.37. The van der Waals surface area contributed by atoms with Gasteiger partial charge < -0.3 is 10.1 Å². The molecule has 0 amide bonds. The number of allylic oxidation sites excluding steroid dienone is 2. The van der Waals surface area contributed by atoms with Gasteiger partial charge in [0, 0.05) is 21.4 Å². The van der Waals surface area contributed by atoms with E-state index in [1.165, 1.54) is 46.7 Å². The molecule has 2 nitrogen and oxygen atoms in total. The van der Waals surface area contributed by atoms with E-state index in [4.69, 9.17) is 4.74 Å². The van der Waals surface area contributed by atoms with Gasteiger partial charge in [-0.15, -0.1) is 11.3 Å². The first-order valence-corrected chi connectivity index (χ1v) is 11.3. The molecule has 3 atom stereocenters. The smallest absolute Gasteiger partial charge is 0.119 e. The molecule has 4 rings (SSSR count). The number of aryl methyl sites for hydroxylation is 1. The van der Waals surface area contributed by atoms with E-state index in [-0.39, 0.29) is 0 Å². The van der Waals surface area contributed by atoms with Gasteiger partial charge >= 0.3 is 0 Å². The van der Waals surface area contributed by atoms with Crippen LogP contribution in [0, 0.1) is 12.8 Å². The Bertz CT molecular complexity index is 793. The number of fused-ring (bicyclic) bond motifs is 3. The number of rotatable bonds is 8. The molecule has 0 spiro atoms. The largest absolute Gasteiger partial charge is 0.494 e. The highest BCUT2D eigenvalue weighted by molar-refractivity contribution is 7.12. The Morgan fingerprint density at radius 1 is 1.11 bits per heavy atom. The SMILES string of the molecule is CCCCCCCOc1ccc2c(c1)C1C=CCC1C(c1ccc(C)s1)N2. The third-order valence-electron chi connectivity index (χ3n) is 5.92. The fraction of sp³-hybridized carbons (Fsp3) is 0.500. The molecule has 0 bridgehead atoms. The Balaban J connectivity index is 1.46. The fourth-order valence-electron chi connectivity index (χ4n) is 4.46. The molecule has 2 aromatic rings. The Morgan fingerprint density at radius 2 is 2.00 bits per heavy atom. The summed E-state index contributed by atoms with van der Waals surface area (Å²) in [5, 5.41) is 3.83. The molecule has 144 valence electrons. The maximum Gasteiger partial charge on any atom is 0.119 e. The van der Waals surface area contributed by atoms with Crippen molar-refractivity contribution in [3.63, 3.8) is 0 Å². The zero-order valence-electron chi connectivity index (χ0n) is 16.5. The summed E-state index contributed by atoms with van der Waals surface area (Å²) in [6.07, 6.45) is 12.3. The predicted molar refractivity (Wildman–Crippen MR) is 116 cm³/mol. The third-order valence-corrected chi connectivity index (χ3v) is 7.00. The molecule has 27 heavy (non-hydrogen) atoms. The van der Waals surface area contributed by atoms with E-state index in [0.29, 0.717) is 17.9 Å². The van der Waals surface area contributed by atoms with Crippen LogP contribution >= 0.6 is 11.3 Å². The molecule has 3 heteroatoms. The molecule has 0 saturated carbocycles. The van der Waals surface area contributed by atoms with Gasteiger partial charge in [-0.05, 0) is 61.6 Å². The highest BCUT2D eigenvalue weighted by Crippen LogP contribution is 2.51. The molecule has 1 aliphatic carbocycles. The Kier molecular flexibility index (Phi) is 5.87. The quantitative estimate of drug-likeness (QED) is 0.384. The fourth-order valence-corrected chi connectivity index (χ4v) is 5.46. The van der Waals surface area contributed by atoms with Crippen LogP contribution in [0.1, 0.15) is 72.7 Å².